The van der Waals surface area contributed by atoms with Gasteiger partial charge >= 0.3 is 5.97 Å². The minimum absolute atomic E-state index is 0.000631. The van der Waals surface area contributed by atoms with Crippen molar-refractivity contribution >= 4 is 23.4 Å². The summed E-state index contributed by atoms with van der Waals surface area (Å²) in [4.78, 5) is 43.1. The van der Waals surface area contributed by atoms with E-state index in [1.54, 1.807) is 0 Å². The quantitative estimate of drug-likeness (QED) is 0.376. The molecular formula is C28H40N2O8. The fourth-order valence-corrected chi connectivity index (χ4v) is 8.94. The van der Waals surface area contributed by atoms with Crippen LogP contribution in [0.15, 0.2) is 16.8 Å². The molecule has 10 nitrogen and oxygen atoms in total. The minimum atomic E-state index is -1.60. The maximum Gasteiger partial charge on any atom is 0.326 e. The number of fused-ring (bicyclic) bond motifs is 5. The first kappa shape index (κ1) is 27.3. The molecule has 1 amide bonds. The summed E-state index contributed by atoms with van der Waals surface area (Å²) >= 11 is 0. The van der Waals surface area contributed by atoms with Gasteiger partial charge in [0.05, 0.1) is 11.8 Å². The molecule has 1 heterocycles. The number of carboxylic acid groups (broad SMARTS) is 1. The average molecular weight is 533 g/mol. The van der Waals surface area contributed by atoms with Gasteiger partial charge in [-0.25, -0.2) is 4.79 Å². The summed E-state index contributed by atoms with van der Waals surface area (Å²) in [5, 5.41) is 45.9. The number of Topliss-reactive ketones (excluding diaryl/α,β-unsaturated/α-hetero) is 1. The Morgan fingerprint density at radius 3 is 2.63 bits per heavy atom. The molecule has 4 N–H and O–H groups in total. The smallest absolute Gasteiger partial charge is 0.326 e. The van der Waals surface area contributed by atoms with E-state index >= 15 is 0 Å². The molecule has 4 aliphatic carbocycles. The zero-order valence-corrected chi connectivity index (χ0v) is 22.3. The zero-order chi connectivity index (χ0) is 27.5. The maximum absolute atomic E-state index is 12.6. The molecule has 0 aromatic rings. The summed E-state index contributed by atoms with van der Waals surface area (Å²) in [7, 11) is 0. The summed E-state index contributed by atoms with van der Waals surface area (Å²) in [5.41, 5.74) is -0.673. The van der Waals surface area contributed by atoms with Gasteiger partial charge in [0.2, 0.25) is 0 Å². The van der Waals surface area contributed by atoms with Crippen LogP contribution in [0, 0.1) is 28.6 Å². The number of oxime groups is 1. The zero-order valence-electron chi connectivity index (χ0n) is 22.3. The minimum Gasteiger partial charge on any atom is -0.480 e. The summed E-state index contributed by atoms with van der Waals surface area (Å²) in [6.45, 7) is 3.53. The molecule has 38 heavy (non-hydrogen) atoms. The summed E-state index contributed by atoms with van der Waals surface area (Å²) < 4.78 is 0. The fourth-order valence-electron chi connectivity index (χ4n) is 8.94. The molecule has 5 rings (SSSR count). The number of aliphatic carboxylic acids is 1. The van der Waals surface area contributed by atoms with Gasteiger partial charge in [-0.2, -0.15) is 0 Å². The van der Waals surface area contributed by atoms with Gasteiger partial charge in [-0.05, 0) is 87.0 Å². The Morgan fingerprint density at radius 1 is 1.16 bits per heavy atom. The van der Waals surface area contributed by atoms with E-state index in [0.29, 0.717) is 45.1 Å². The molecule has 8 atom stereocenters. The van der Waals surface area contributed by atoms with E-state index in [4.69, 9.17) is 4.84 Å². The molecule has 0 bridgehead atoms. The van der Waals surface area contributed by atoms with Gasteiger partial charge in [-0.15, -0.1) is 0 Å². The van der Waals surface area contributed by atoms with Crippen molar-refractivity contribution in [3.05, 3.63) is 11.6 Å². The third kappa shape index (κ3) is 4.02. The normalized spacial score (nSPS) is 43.2. The van der Waals surface area contributed by atoms with Gasteiger partial charge < -0.3 is 30.2 Å². The van der Waals surface area contributed by atoms with Crippen LogP contribution in [0.25, 0.3) is 0 Å². The standard InChI is InChI=1S/C28H40N2O8/c1-26-9-7-17(29-38-15-23(34)30-11-3-4-20(30)25(35)36)12-16(26)5-6-18-19-8-10-28(37,22(33)14-31)27(19,2)13-21(32)24(18)26/h12,18-21,24,31-32,37H,3-11,13-15H2,1-2H3,(H,35,36)/b29-17+/t18-,19+,20+,21+,24+,26+,27+,28+/m1/s1. The largest absolute Gasteiger partial charge is 0.480 e. The van der Waals surface area contributed by atoms with Gasteiger partial charge in [-0.1, -0.05) is 24.6 Å². The average Bonchev–Trinajstić information content (AvgIpc) is 3.47. The third-order valence-electron chi connectivity index (χ3n) is 10.9. The number of carbonyl (C=O) groups excluding carboxylic acids is 2. The van der Waals surface area contributed by atoms with E-state index in [0.717, 1.165) is 25.0 Å². The maximum atomic E-state index is 12.6. The summed E-state index contributed by atoms with van der Waals surface area (Å²) in [6.07, 6.45) is 6.85. The first-order chi connectivity index (χ1) is 18.0. The SMILES string of the molecule is C[C@]12CC/C(=N\OCC(=O)N3CCC[C@H]3C(=O)O)C=C1CC[C@H]1[C@H]2[C@@H](O)C[C@@]2(C)[C@H]1CC[C@]2(O)C(=O)CO. The summed E-state index contributed by atoms with van der Waals surface area (Å²) in [5.74, 6) is -1.66. The van der Waals surface area contributed by atoms with Crippen LogP contribution in [-0.2, 0) is 19.2 Å². The number of carboxylic acids is 1. The molecule has 1 saturated heterocycles. The molecule has 0 unspecified atom stereocenters. The van der Waals surface area contributed by atoms with Gasteiger partial charge in [0.15, 0.2) is 12.4 Å². The first-order valence-corrected chi connectivity index (χ1v) is 13.9. The van der Waals surface area contributed by atoms with Crippen molar-refractivity contribution in [2.24, 2.45) is 33.7 Å². The van der Waals surface area contributed by atoms with Crippen molar-refractivity contribution < 1.29 is 39.6 Å². The highest BCUT2D eigenvalue weighted by molar-refractivity contribution is 5.96. The molecule has 3 saturated carbocycles. The number of aliphatic hydroxyl groups excluding tert-OH is 2. The molecular weight excluding hydrogens is 492 g/mol. The Labute approximate surface area is 222 Å². The number of carbonyl (C=O) groups is 3. The Kier molecular flexibility index (Phi) is 6.97. The number of likely N-dealkylation sites (tertiary alicyclic amines) is 1. The number of rotatable bonds is 6. The number of aliphatic hydroxyl groups is 3. The van der Waals surface area contributed by atoms with Crippen LogP contribution >= 0.6 is 0 Å². The molecule has 1 aliphatic heterocycles. The van der Waals surface area contributed by atoms with Gasteiger partial charge in [0.1, 0.15) is 18.2 Å². The highest BCUT2D eigenvalue weighted by atomic mass is 16.6. The topological polar surface area (TPSA) is 157 Å². The second kappa shape index (κ2) is 9.71. The molecule has 5 aliphatic rings. The van der Waals surface area contributed by atoms with E-state index in [2.05, 4.69) is 12.1 Å². The second-order valence-electron chi connectivity index (χ2n) is 12.5. The third-order valence-corrected chi connectivity index (χ3v) is 10.9. The lowest BCUT2D eigenvalue weighted by atomic mass is 9.45. The van der Waals surface area contributed by atoms with Crippen LogP contribution in [0.3, 0.4) is 0 Å². The van der Waals surface area contributed by atoms with Crippen LogP contribution in [0.1, 0.15) is 71.6 Å². The number of nitrogens with zero attached hydrogens (tertiary/aromatic N) is 2. The van der Waals surface area contributed by atoms with Crippen molar-refractivity contribution in [3.63, 3.8) is 0 Å². The number of hydrogen-bond donors (Lipinski definition) is 4. The number of allylic oxidation sites excluding steroid dienone is 2. The Hall–Kier alpha value is -2.30. The monoisotopic (exact) mass is 532 g/mol. The van der Waals surface area contributed by atoms with E-state index < -0.39 is 41.5 Å². The van der Waals surface area contributed by atoms with Crippen molar-refractivity contribution in [1.82, 2.24) is 4.90 Å². The van der Waals surface area contributed by atoms with Crippen LogP contribution in [0.2, 0.25) is 0 Å². The molecule has 0 spiro atoms. The predicted molar refractivity (Wildman–Crippen MR) is 136 cm³/mol. The Morgan fingerprint density at radius 2 is 1.92 bits per heavy atom. The fraction of sp³-hybridized carbons (Fsp3) is 0.786. The second-order valence-corrected chi connectivity index (χ2v) is 12.5. The number of amides is 1. The van der Waals surface area contributed by atoms with Crippen molar-refractivity contribution in [1.29, 1.82) is 0 Å². The lowest BCUT2D eigenvalue weighted by molar-refractivity contribution is -0.181. The van der Waals surface area contributed by atoms with Crippen LogP contribution < -0.4 is 0 Å². The molecule has 4 fully saturated rings. The lowest BCUT2D eigenvalue weighted by Crippen LogP contribution is -2.62. The van der Waals surface area contributed by atoms with Gasteiger partial charge in [0, 0.05) is 12.0 Å². The van der Waals surface area contributed by atoms with Gasteiger partial charge in [0.25, 0.3) is 5.91 Å². The van der Waals surface area contributed by atoms with E-state index in [9.17, 15) is 34.8 Å². The number of hydrogen-bond acceptors (Lipinski definition) is 8. The lowest BCUT2D eigenvalue weighted by Gasteiger charge is -2.60. The Bertz CT molecular complexity index is 1070. The first-order valence-electron chi connectivity index (χ1n) is 13.9. The number of ketones is 1. The highest BCUT2D eigenvalue weighted by Gasteiger charge is 2.68. The molecule has 0 aromatic heterocycles. The van der Waals surface area contributed by atoms with Gasteiger partial charge in [-0.3, -0.25) is 9.59 Å². The van der Waals surface area contributed by atoms with Crippen molar-refractivity contribution in [2.45, 2.75) is 89.4 Å². The predicted octanol–water partition coefficient (Wildman–Crippen LogP) is 1.66. The van der Waals surface area contributed by atoms with Crippen LogP contribution in [0.4, 0.5) is 0 Å². The highest BCUT2D eigenvalue weighted by Crippen LogP contribution is 2.67. The molecule has 10 heteroatoms. The van der Waals surface area contributed by atoms with E-state index in [-0.39, 0.29) is 35.7 Å². The van der Waals surface area contributed by atoms with Crippen LogP contribution in [0.5, 0.6) is 0 Å². The van der Waals surface area contributed by atoms with Crippen molar-refractivity contribution in [3.8, 4) is 0 Å². The molecule has 0 aromatic carbocycles. The van der Waals surface area contributed by atoms with Crippen LogP contribution in [-0.4, -0.2) is 86.2 Å². The van der Waals surface area contributed by atoms with Crippen molar-refractivity contribution in [2.75, 3.05) is 19.8 Å². The van der Waals surface area contributed by atoms with E-state index in [1.807, 2.05) is 13.0 Å². The summed E-state index contributed by atoms with van der Waals surface area (Å²) in [6, 6.07) is -0.798. The van der Waals surface area contributed by atoms with E-state index in [1.165, 1.54) is 10.5 Å². The molecule has 0 radical (unpaired) electrons. The molecule has 210 valence electrons. The Balaban J connectivity index is 1.29.